The Hall–Kier alpha value is -2.70. The quantitative estimate of drug-likeness (QED) is 0.669. The topological polar surface area (TPSA) is 112 Å². The van der Waals surface area contributed by atoms with E-state index in [2.05, 4.69) is 14.8 Å². The standard InChI is InChI=1S/C24H27F2N7O3/c25-19(26)12-4-18(27)28-5-13(12)20-29-21(32-14-2-1-3-23(14)9-34-6-15(23)32)31-22(30-20)33-16-7-35-10-24(16)11-36-8-17(24)33/h4-5,14-17,19H,1-3,6-11H2,(H2,27,28). The number of nitrogens with two attached hydrogens (primary N) is 1. The molecular weight excluding hydrogens is 472 g/mol. The van der Waals surface area contributed by atoms with Crippen molar-refractivity contribution in [2.75, 3.05) is 55.2 Å². The number of hydrogen-bond donors (Lipinski definition) is 1. The third kappa shape index (κ3) is 2.54. The van der Waals surface area contributed by atoms with Crippen LogP contribution in [0.1, 0.15) is 31.3 Å². The second-order valence-corrected chi connectivity index (χ2v) is 11.0. The van der Waals surface area contributed by atoms with Crippen molar-refractivity contribution in [1.29, 1.82) is 0 Å². The number of hydrogen-bond acceptors (Lipinski definition) is 10. The number of ether oxygens (including phenoxy) is 3. The summed E-state index contributed by atoms with van der Waals surface area (Å²) in [6.07, 6.45) is 1.91. The lowest BCUT2D eigenvalue weighted by Gasteiger charge is -2.57. The molecule has 12 heteroatoms. The highest BCUT2D eigenvalue weighted by Crippen LogP contribution is 2.59. The van der Waals surface area contributed by atoms with Gasteiger partial charge >= 0.3 is 0 Å². The maximum absolute atomic E-state index is 14.0. The van der Waals surface area contributed by atoms with Crippen molar-refractivity contribution in [2.45, 2.75) is 49.9 Å². The predicted molar refractivity (Wildman–Crippen MR) is 124 cm³/mol. The van der Waals surface area contributed by atoms with Gasteiger partial charge in [0.15, 0.2) is 5.82 Å². The summed E-state index contributed by atoms with van der Waals surface area (Å²) < 4.78 is 45.7. The number of halogens is 2. The minimum Gasteiger partial charge on any atom is -0.384 e. The van der Waals surface area contributed by atoms with Crippen molar-refractivity contribution in [2.24, 2.45) is 10.8 Å². The van der Waals surface area contributed by atoms with Crippen molar-refractivity contribution < 1.29 is 23.0 Å². The van der Waals surface area contributed by atoms with Gasteiger partial charge in [-0.25, -0.2) is 13.8 Å². The lowest BCUT2D eigenvalue weighted by Crippen LogP contribution is -2.72. The number of alkyl halides is 2. The molecule has 0 aromatic carbocycles. The highest BCUT2D eigenvalue weighted by atomic mass is 19.3. The smallest absolute Gasteiger partial charge is 0.264 e. The molecule has 7 heterocycles. The molecule has 2 aromatic heterocycles. The fourth-order valence-electron chi connectivity index (χ4n) is 7.84. The van der Waals surface area contributed by atoms with Gasteiger partial charge in [0.05, 0.1) is 63.2 Å². The average molecular weight is 500 g/mol. The molecule has 0 amide bonds. The zero-order valence-electron chi connectivity index (χ0n) is 19.6. The number of anilines is 3. The zero-order chi connectivity index (χ0) is 24.2. The SMILES string of the molecule is Nc1cc(C(F)F)c(-c2nc(N3C4CCCC45COCC35)nc(N3C4COCC45COCC35)n2)cn1. The van der Waals surface area contributed by atoms with E-state index < -0.39 is 6.43 Å². The van der Waals surface area contributed by atoms with Crippen LogP contribution in [0.15, 0.2) is 12.3 Å². The van der Waals surface area contributed by atoms with Gasteiger partial charge in [0.2, 0.25) is 11.9 Å². The maximum atomic E-state index is 14.0. The Balaban J connectivity index is 1.27. The van der Waals surface area contributed by atoms with Gasteiger partial charge in [-0.1, -0.05) is 6.42 Å². The number of nitrogens with zero attached hydrogens (tertiary/aromatic N) is 6. The summed E-state index contributed by atoms with van der Waals surface area (Å²) in [5.41, 5.74) is 5.76. The fourth-order valence-corrected chi connectivity index (χ4v) is 7.84. The van der Waals surface area contributed by atoms with Gasteiger partial charge in [-0.15, -0.1) is 0 Å². The Kier molecular flexibility index (Phi) is 4.28. The molecule has 2 N–H and O–H groups in total. The second kappa shape index (κ2) is 7.20. The van der Waals surface area contributed by atoms with Crippen molar-refractivity contribution >= 4 is 17.7 Å². The summed E-state index contributed by atoms with van der Waals surface area (Å²) in [6.45, 7) is 3.81. The van der Waals surface area contributed by atoms with Crippen LogP contribution in [0.2, 0.25) is 0 Å². The van der Waals surface area contributed by atoms with E-state index in [0.29, 0.717) is 44.9 Å². The van der Waals surface area contributed by atoms with Gasteiger partial charge in [-0.05, 0) is 18.9 Å². The van der Waals surface area contributed by atoms with Crippen molar-refractivity contribution in [1.82, 2.24) is 19.9 Å². The van der Waals surface area contributed by atoms with Crippen LogP contribution in [0.25, 0.3) is 11.4 Å². The minimum atomic E-state index is -2.74. The van der Waals surface area contributed by atoms with Gasteiger partial charge in [-0.3, -0.25) is 0 Å². The van der Waals surface area contributed by atoms with Crippen LogP contribution in [0.3, 0.4) is 0 Å². The number of rotatable bonds is 4. The van der Waals surface area contributed by atoms with E-state index in [-0.39, 0.29) is 57.8 Å². The Morgan fingerprint density at radius 1 is 0.889 bits per heavy atom. The van der Waals surface area contributed by atoms with E-state index in [1.54, 1.807) is 0 Å². The lowest BCUT2D eigenvalue weighted by atomic mass is 9.68. The Labute approximate surface area is 206 Å². The van der Waals surface area contributed by atoms with Gasteiger partial charge < -0.3 is 29.7 Å². The molecule has 5 unspecified atom stereocenters. The van der Waals surface area contributed by atoms with Crippen molar-refractivity contribution in [3.8, 4) is 11.4 Å². The minimum absolute atomic E-state index is 0.0314. The second-order valence-electron chi connectivity index (χ2n) is 11.0. The molecular formula is C24H27F2N7O3. The molecule has 36 heavy (non-hydrogen) atoms. The first-order valence-electron chi connectivity index (χ1n) is 12.6. The molecule has 0 bridgehead atoms. The van der Waals surface area contributed by atoms with Crippen LogP contribution in [-0.4, -0.2) is 83.7 Å². The summed E-state index contributed by atoms with van der Waals surface area (Å²) in [5.74, 6) is 1.20. The summed E-state index contributed by atoms with van der Waals surface area (Å²) in [5, 5.41) is 0. The van der Waals surface area contributed by atoms with E-state index in [9.17, 15) is 8.78 Å². The molecule has 5 atom stereocenters. The Bertz CT molecular complexity index is 1150. The molecule has 1 aliphatic carbocycles. The number of pyridine rings is 1. The zero-order valence-corrected chi connectivity index (χ0v) is 19.6. The van der Waals surface area contributed by atoms with Crippen LogP contribution in [0.5, 0.6) is 0 Å². The predicted octanol–water partition coefficient (Wildman–Crippen LogP) is 1.82. The van der Waals surface area contributed by atoms with Crippen LogP contribution < -0.4 is 15.5 Å². The largest absolute Gasteiger partial charge is 0.384 e. The number of aromatic nitrogens is 4. The summed E-state index contributed by atoms with van der Waals surface area (Å²) in [4.78, 5) is 22.9. The third-order valence-corrected chi connectivity index (χ3v) is 9.56. The molecule has 2 spiro atoms. The molecule has 6 aliphatic rings. The highest BCUT2D eigenvalue weighted by molar-refractivity contribution is 5.65. The van der Waals surface area contributed by atoms with E-state index in [1.165, 1.54) is 12.3 Å². The van der Waals surface area contributed by atoms with Gasteiger partial charge in [0.1, 0.15) is 5.82 Å². The maximum Gasteiger partial charge on any atom is 0.264 e. The Morgan fingerprint density at radius 3 is 2.17 bits per heavy atom. The molecule has 1 saturated carbocycles. The van der Waals surface area contributed by atoms with Crippen molar-refractivity contribution in [3.05, 3.63) is 17.8 Å². The van der Waals surface area contributed by atoms with Crippen LogP contribution in [0, 0.1) is 10.8 Å². The number of nitrogen functional groups attached to an aromatic ring is 1. The molecule has 8 rings (SSSR count). The third-order valence-electron chi connectivity index (χ3n) is 9.56. The van der Waals surface area contributed by atoms with Crippen LogP contribution >= 0.6 is 0 Å². The van der Waals surface area contributed by atoms with E-state index >= 15 is 0 Å². The molecule has 6 fully saturated rings. The van der Waals surface area contributed by atoms with Crippen LogP contribution in [-0.2, 0) is 14.2 Å². The first-order chi connectivity index (χ1) is 17.5. The van der Waals surface area contributed by atoms with Crippen molar-refractivity contribution in [3.63, 3.8) is 0 Å². The normalized spacial score (nSPS) is 38.0. The first kappa shape index (κ1) is 21.4. The Morgan fingerprint density at radius 2 is 1.50 bits per heavy atom. The van der Waals surface area contributed by atoms with E-state index in [1.807, 2.05) is 0 Å². The summed E-state index contributed by atoms with van der Waals surface area (Å²) in [6, 6.07) is 1.84. The molecule has 2 aromatic rings. The van der Waals surface area contributed by atoms with E-state index in [4.69, 9.17) is 34.9 Å². The lowest BCUT2D eigenvalue weighted by molar-refractivity contribution is 0.0966. The summed E-state index contributed by atoms with van der Waals surface area (Å²) >= 11 is 0. The molecule has 10 nitrogen and oxygen atoms in total. The first-order valence-corrected chi connectivity index (χ1v) is 12.6. The fraction of sp³-hybridized carbons (Fsp3) is 0.667. The highest BCUT2D eigenvalue weighted by Gasteiger charge is 2.68. The molecule has 5 saturated heterocycles. The van der Waals surface area contributed by atoms with Gasteiger partial charge in [-0.2, -0.15) is 15.0 Å². The average Bonchev–Trinajstić information content (AvgIpc) is 3.61. The molecule has 190 valence electrons. The summed E-state index contributed by atoms with van der Waals surface area (Å²) in [7, 11) is 0. The molecule has 5 aliphatic heterocycles. The monoisotopic (exact) mass is 499 g/mol. The van der Waals surface area contributed by atoms with Gasteiger partial charge in [0.25, 0.3) is 6.43 Å². The van der Waals surface area contributed by atoms with Gasteiger partial charge in [0, 0.05) is 28.8 Å². The van der Waals surface area contributed by atoms with E-state index in [0.717, 1.165) is 25.9 Å². The van der Waals surface area contributed by atoms with Crippen LogP contribution in [0.4, 0.5) is 26.5 Å². The molecule has 0 radical (unpaired) electrons.